The Morgan fingerprint density at radius 2 is 1.02 bits per heavy atom. The van der Waals surface area contributed by atoms with Crippen molar-refractivity contribution in [2.75, 3.05) is 4.90 Å². The molecule has 0 saturated heterocycles. The van der Waals surface area contributed by atoms with Gasteiger partial charge in [0.25, 0.3) is 6.71 Å². The molecule has 0 amide bonds. The normalized spacial score (nSPS) is 13.4. The molecule has 192 valence electrons. The van der Waals surface area contributed by atoms with Crippen molar-refractivity contribution in [3.8, 4) is 45.6 Å². The van der Waals surface area contributed by atoms with Gasteiger partial charge in [-0.1, -0.05) is 78.9 Å². The van der Waals surface area contributed by atoms with Gasteiger partial charge in [0.1, 0.15) is 23.0 Å². The van der Waals surface area contributed by atoms with Crippen molar-refractivity contribution in [1.29, 1.82) is 0 Å². The fourth-order valence-corrected chi connectivity index (χ4v) is 6.43. The van der Waals surface area contributed by atoms with Crippen molar-refractivity contribution in [3.05, 3.63) is 133 Å². The van der Waals surface area contributed by atoms with Gasteiger partial charge in [0, 0.05) is 16.7 Å². The van der Waals surface area contributed by atoms with Crippen LogP contribution in [0.25, 0.3) is 11.1 Å². The van der Waals surface area contributed by atoms with Gasteiger partial charge in [-0.05, 0) is 71.1 Å². The average Bonchev–Trinajstić information content (AvgIpc) is 3.03. The Labute approximate surface area is 238 Å². The molecule has 0 fully saturated rings. The van der Waals surface area contributed by atoms with Crippen LogP contribution in [0.3, 0.4) is 0 Å². The van der Waals surface area contributed by atoms with E-state index in [-0.39, 0.29) is 6.71 Å². The Balaban J connectivity index is 1.28. The summed E-state index contributed by atoms with van der Waals surface area (Å²) in [5.41, 5.74) is 8.44. The molecule has 5 heteroatoms. The largest absolute Gasteiger partial charge is 0.458 e. The number of rotatable bonds is 2. The molecule has 0 unspecified atom stereocenters. The van der Waals surface area contributed by atoms with Crippen LogP contribution in [0.5, 0.6) is 34.5 Å². The summed E-state index contributed by atoms with van der Waals surface area (Å²) in [6, 6.07) is 45.7. The molecule has 4 nitrogen and oxygen atoms in total. The van der Waals surface area contributed by atoms with Gasteiger partial charge in [-0.2, -0.15) is 0 Å². The fraction of sp³-hybridized carbons (Fsp3) is 0. The monoisotopic (exact) mass is 527 g/mol. The summed E-state index contributed by atoms with van der Waals surface area (Å²) in [7, 11) is 0. The first-order valence-electron chi connectivity index (χ1n) is 13.8. The highest BCUT2D eigenvalue weighted by Gasteiger charge is 2.40. The van der Waals surface area contributed by atoms with Crippen LogP contribution in [-0.4, -0.2) is 6.71 Å². The highest BCUT2D eigenvalue weighted by atomic mass is 16.5. The summed E-state index contributed by atoms with van der Waals surface area (Å²) in [4.78, 5) is 2.28. The van der Waals surface area contributed by atoms with Crippen LogP contribution >= 0.6 is 0 Å². The molecule has 0 spiro atoms. The molecule has 0 N–H and O–H groups in total. The van der Waals surface area contributed by atoms with Crippen molar-refractivity contribution >= 4 is 40.2 Å². The molecule has 0 saturated carbocycles. The van der Waals surface area contributed by atoms with Gasteiger partial charge in [-0.15, -0.1) is 0 Å². The molecule has 0 bridgehead atoms. The lowest BCUT2D eigenvalue weighted by Crippen LogP contribution is -2.57. The minimum Gasteiger partial charge on any atom is -0.458 e. The Bertz CT molecular complexity index is 1930. The molecule has 0 radical (unpaired) electrons. The summed E-state index contributed by atoms with van der Waals surface area (Å²) in [6.45, 7) is 0.0460. The predicted octanol–water partition coefficient (Wildman–Crippen LogP) is 7.66. The Morgan fingerprint density at radius 1 is 0.463 bits per heavy atom. The number of fused-ring (bicyclic) bond motifs is 6. The molecular weight excluding hydrogens is 505 g/mol. The number of hydrogen-bond acceptors (Lipinski definition) is 4. The van der Waals surface area contributed by atoms with Gasteiger partial charge in [-0.25, -0.2) is 0 Å². The average molecular weight is 527 g/mol. The first-order valence-corrected chi connectivity index (χ1v) is 13.8. The number of hydrogen-bond donors (Lipinski definition) is 0. The van der Waals surface area contributed by atoms with Crippen LogP contribution < -0.4 is 35.5 Å². The second-order valence-electron chi connectivity index (χ2n) is 10.5. The predicted molar refractivity (Wildman–Crippen MR) is 164 cm³/mol. The maximum Gasteiger partial charge on any atom is 0.260 e. The van der Waals surface area contributed by atoms with E-state index < -0.39 is 0 Å². The number of anilines is 3. The van der Waals surface area contributed by atoms with Crippen LogP contribution in [0.15, 0.2) is 133 Å². The fourth-order valence-electron chi connectivity index (χ4n) is 6.43. The lowest BCUT2D eigenvalue weighted by molar-refractivity contribution is 0.464. The minimum atomic E-state index is 0.0460. The third-order valence-corrected chi connectivity index (χ3v) is 8.17. The number of para-hydroxylation sites is 6. The first-order chi connectivity index (χ1) is 20.3. The van der Waals surface area contributed by atoms with E-state index in [1.54, 1.807) is 0 Å². The highest BCUT2D eigenvalue weighted by molar-refractivity contribution is 6.98. The third-order valence-electron chi connectivity index (χ3n) is 8.17. The maximum atomic E-state index is 6.59. The highest BCUT2D eigenvalue weighted by Crippen LogP contribution is 2.54. The molecule has 3 heterocycles. The Hall–Kier alpha value is -5.42. The van der Waals surface area contributed by atoms with Crippen molar-refractivity contribution in [2.24, 2.45) is 0 Å². The molecule has 3 aliphatic rings. The third kappa shape index (κ3) is 3.29. The van der Waals surface area contributed by atoms with Crippen LogP contribution in [-0.2, 0) is 0 Å². The van der Waals surface area contributed by atoms with E-state index in [4.69, 9.17) is 14.2 Å². The zero-order valence-corrected chi connectivity index (χ0v) is 22.0. The summed E-state index contributed by atoms with van der Waals surface area (Å²) in [6.07, 6.45) is 0. The first kappa shape index (κ1) is 22.4. The van der Waals surface area contributed by atoms with E-state index in [2.05, 4.69) is 89.8 Å². The summed E-state index contributed by atoms with van der Waals surface area (Å²) in [5, 5.41) is 0. The van der Waals surface area contributed by atoms with Crippen molar-refractivity contribution < 1.29 is 14.2 Å². The molecule has 9 rings (SSSR count). The zero-order valence-electron chi connectivity index (χ0n) is 22.0. The van der Waals surface area contributed by atoms with Crippen molar-refractivity contribution in [1.82, 2.24) is 0 Å². The molecular formula is C36H22BNO3. The number of nitrogens with zero attached hydrogens (tertiary/aromatic N) is 1. The van der Waals surface area contributed by atoms with Crippen LogP contribution in [0.2, 0.25) is 0 Å². The van der Waals surface area contributed by atoms with Crippen LogP contribution in [0, 0.1) is 0 Å². The Kier molecular flexibility index (Phi) is 4.67. The van der Waals surface area contributed by atoms with Gasteiger partial charge in [0.05, 0.1) is 11.4 Å². The van der Waals surface area contributed by atoms with Gasteiger partial charge in [-0.3, -0.25) is 0 Å². The molecule has 0 aliphatic carbocycles. The zero-order chi connectivity index (χ0) is 26.9. The van der Waals surface area contributed by atoms with E-state index in [0.29, 0.717) is 0 Å². The van der Waals surface area contributed by atoms with E-state index >= 15 is 0 Å². The van der Waals surface area contributed by atoms with Crippen LogP contribution in [0.1, 0.15) is 0 Å². The number of benzene rings is 6. The quantitative estimate of drug-likeness (QED) is 0.216. The summed E-state index contributed by atoms with van der Waals surface area (Å²) in [5.74, 6) is 5.01. The van der Waals surface area contributed by atoms with E-state index in [1.165, 1.54) is 0 Å². The second-order valence-corrected chi connectivity index (χ2v) is 10.5. The molecule has 41 heavy (non-hydrogen) atoms. The minimum absolute atomic E-state index is 0.0460. The smallest absolute Gasteiger partial charge is 0.260 e. The van der Waals surface area contributed by atoms with Crippen LogP contribution in [0.4, 0.5) is 17.1 Å². The van der Waals surface area contributed by atoms with E-state index in [0.717, 1.165) is 79.1 Å². The van der Waals surface area contributed by atoms with Gasteiger partial charge in [0.15, 0.2) is 11.5 Å². The molecule has 6 aromatic carbocycles. The summed E-state index contributed by atoms with van der Waals surface area (Å²) >= 11 is 0. The lowest BCUT2D eigenvalue weighted by atomic mass is 9.35. The van der Waals surface area contributed by atoms with Crippen molar-refractivity contribution in [2.45, 2.75) is 0 Å². The lowest BCUT2D eigenvalue weighted by Gasteiger charge is -2.35. The van der Waals surface area contributed by atoms with E-state index in [1.807, 2.05) is 48.5 Å². The Morgan fingerprint density at radius 3 is 1.73 bits per heavy atom. The van der Waals surface area contributed by atoms with Gasteiger partial charge < -0.3 is 19.1 Å². The SMILES string of the molecule is c1ccc(N2c3ccccc3Oc3cccc(-c4cc5c6c(c4)Oc4ccccc4B6c4ccccc4O5)c32)cc1. The standard InChI is InChI=1S/C36H22BNO3/c1-2-11-24(12-3-1)38-28-16-6-9-19-31(28)41-32-20-10-13-25(36(32)38)23-21-33-35-34(22-23)40-30-18-8-5-15-27(30)37(35)26-14-4-7-17-29(26)39-33/h1-22H. The van der Waals surface area contributed by atoms with E-state index in [9.17, 15) is 0 Å². The molecule has 0 aromatic heterocycles. The van der Waals surface area contributed by atoms with Gasteiger partial charge >= 0.3 is 0 Å². The second kappa shape index (κ2) is 8.54. The number of ether oxygens (including phenoxy) is 3. The van der Waals surface area contributed by atoms with Gasteiger partial charge in [0.2, 0.25) is 0 Å². The maximum absolute atomic E-state index is 6.59. The molecule has 0 atom stereocenters. The summed E-state index contributed by atoms with van der Waals surface area (Å²) < 4.78 is 19.7. The molecule has 3 aliphatic heterocycles. The topological polar surface area (TPSA) is 30.9 Å². The van der Waals surface area contributed by atoms with Crippen molar-refractivity contribution in [3.63, 3.8) is 0 Å². The molecule has 6 aromatic rings.